The first kappa shape index (κ1) is 20.2. The molecular weight excluding hydrogens is 405 g/mol. The van der Waals surface area contributed by atoms with Crippen molar-refractivity contribution in [2.24, 2.45) is 0 Å². The highest BCUT2D eigenvalue weighted by atomic mass is 32.2. The first-order chi connectivity index (χ1) is 14.5. The molecule has 3 amide bonds. The van der Waals surface area contributed by atoms with Crippen molar-refractivity contribution in [3.8, 4) is 0 Å². The molecule has 1 N–H and O–H groups in total. The lowest BCUT2D eigenvalue weighted by molar-refractivity contribution is -0.127. The second-order valence-electron chi connectivity index (χ2n) is 7.08. The summed E-state index contributed by atoms with van der Waals surface area (Å²) >= 11 is 0.792. The summed E-state index contributed by atoms with van der Waals surface area (Å²) in [7, 11) is 0. The highest BCUT2D eigenvalue weighted by Crippen LogP contribution is 2.32. The van der Waals surface area contributed by atoms with E-state index in [1.807, 2.05) is 24.3 Å². The van der Waals surface area contributed by atoms with Crippen LogP contribution in [-0.4, -0.2) is 41.6 Å². The van der Waals surface area contributed by atoms with Crippen LogP contribution in [0.5, 0.6) is 0 Å². The van der Waals surface area contributed by atoms with E-state index in [0.29, 0.717) is 0 Å². The van der Waals surface area contributed by atoms with Crippen molar-refractivity contribution in [1.29, 1.82) is 0 Å². The number of carbonyl (C=O) groups is 3. The quantitative estimate of drug-likeness (QED) is 0.731. The number of hydrogen-bond donors (Lipinski definition) is 1. The lowest BCUT2D eigenvalue weighted by Gasteiger charge is -2.17. The largest absolute Gasteiger partial charge is 0.372 e. The van der Waals surface area contributed by atoms with Crippen LogP contribution in [0.15, 0.2) is 53.4 Å². The van der Waals surface area contributed by atoms with Crippen LogP contribution in [-0.2, 0) is 9.59 Å². The van der Waals surface area contributed by atoms with Crippen molar-refractivity contribution in [1.82, 2.24) is 4.90 Å². The number of amides is 3. The molecule has 0 unspecified atom stereocenters. The minimum Gasteiger partial charge on any atom is -0.372 e. The second kappa shape index (κ2) is 8.71. The van der Waals surface area contributed by atoms with Crippen LogP contribution in [0.2, 0.25) is 0 Å². The summed E-state index contributed by atoms with van der Waals surface area (Å²) in [5, 5.41) is 1.86. The standard InChI is InChI=1S/C22H20FN3O3S/c23-17-5-1-2-6-18(17)24-20(27)14-26-21(28)19(30-22(26)29)13-15-7-9-16(10-8-15)25-11-3-4-12-25/h1-2,5-10,13H,3-4,11-12,14H2,(H,24,27). The fourth-order valence-electron chi connectivity index (χ4n) is 3.44. The summed E-state index contributed by atoms with van der Waals surface area (Å²) in [5.74, 6) is -1.76. The Bertz CT molecular complexity index is 1020. The molecule has 0 radical (unpaired) electrons. The molecule has 30 heavy (non-hydrogen) atoms. The molecule has 2 aromatic carbocycles. The normalized spacial score (nSPS) is 17.8. The predicted octanol–water partition coefficient (Wildman–Crippen LogP) is 4.10. The topological polar surface area (TPSA) is 69.7 Å². The molecule has 2 aliphatic heterocycles. The maximum atomic E-state index is 13.7. The zero-order valence-corrected chi connectivity index (χ0v) is 17.0. The van der Waals surface area contributed by atoms with Gasteiger partial charge in [0, 0.05) is 18.8 Å². The van der Waals surface area contributed by atoms with E-state index < -0.39 is 29.4 Å². The number of carbonyl (C=O) groups excluding carboxylic acids is 3. The zero-order valence-electron chi connectivity index (χ0n) is 16.1. The molecule has 2 fully saturated rings. The molecule has 0 bridgehead atoms. The van der Waals surface area contributed by atoms with Crippen LogP contribution in [0.3, 0.4) is 0 Å². The molecule has 2 aliphatic rings. The molecule has 0 saturated carbocycles. The molecule has 2 aromatic rings. The second-order valence-corrected chi connectivity index (χ2v) is 8.07. The summed E-state index contributed by atoms with van der Waals surface area (Å²) in [4.78, 5) is 40.5. The van der Waals surface area contributed by atoms with Crippen LogP contribution in [0.25, 0.3) is 6.08 Å². The minimum absolute atomic E-state index is 0.00288. The Morgan fingerprint density at radius 2 is 1.77 bits per heavy atom. The number of halogens is 1. The van der Waals surface area contributed by atoms with Gasteiger partial charge < -0.3 is 10.2 Å². The predicted molar refractivity (Wildman–Crippen MR) is 116 cm³/mol. The van der Waals surface area contributed by atoms with Crippen molar-refractivity contribution in [3.63, 3.8) is 0 Å². The number of nitrogens with zero attached hydrogens (tertiary/aromatic N) is 2. The van der Waals surface area contributed by atoms with Gasteiger partial charge in [-0.3, -0.25) is 19.3 Å². The SMILES string of the molecule is O=C(CN1C(=O)SC(=Cc2ccc(N3CCCC3)cc2)C1=O)Nc1ccccc1F. The summed E-state index contributed by atoms with van der Waals surface area (Å²) in [6, 6.07) is 13.5. The van der Waals surface area contributed by atoms with Gasteiger partial charge in [-0.2, -0.15) is 0 Å². The third-order valence-corrected chi connectivity index (χ3v) is 5.89. The number of para-hydroxylation sites is 1. The molecule has 8 heteroatoms. The Kier molecular flexibility index (Phi) is 5.85. The molecule has 2 heterocycles. The molecule has 2 saturated heterocycles. The molecule has 4 rings (SSSR count). The number of anilines is 2. The third kappa shape index (κ3) is 4.38. The van der Waals surface area contributed by atoms with Gasteiger partial charge in [0.2, 0.25) is 5.91 Å². The van der Waals surface area contributed by atoms with Crippen LogP contribution in [0.4, 0.5) is 20.6 Å². The van der Waals surface area contributed by atoms with Crippen LogP contribution in [0, 0.1) is 5.82 Å². The Morgan fingerprint density at radius 3 is 2.47 bits per heavy atom. The molecule has 154 valence electrons. The van der Waals surface area contributed by atoms with Crippen molar-refractivity contribution in [3.05, 3.63) is 64.8 Å². The number of thioether (sulfide) groups is 1. The fourth-order valence-corrected chi connectivity index (χ4v) is 4.28. The summed E-state index contributed by atoms with van der Waals surface area (Å²) in [6.45, 7) is 1.63. The smallest absolute Gasteiger partial charge is 0.294 e. The molecule has 0 atom stereocenters. The van der Waals surface area contributed by atoms with Gasteiger partial charge in [0.05, 0.1) is 10.6 Å². The molecule has 0 aromatic heterocycles. The minimum atomic E-state index is -0.640. The van der Waals surface area contributed by atoms with Gasteiger partial charge in [0.25, 0.3) is 11.1 Å². The third-order valence-electron chi connectivity index (χ3n) is 4.99. The highest BCUT2D eigenvalue weighted by Gasteiger charge is 2.36. The van der Waals surface area contributed by atoms with E-state index in [2.05, 4.69) is 10.2 Å². The lowest BCUT2D eigenvalue weighted by atomic mass is 10.2. The Hall–Kier alpha value is -3.13. The average Bonchev–Trinajstić information content (AvgIpc) is 3.35. The van der Waals surface area contributed by atoms with Gasteiger partial charge >= 0.3 is 0 Å². The van der Waals surface area contributed by atoms with E-state index in [-0.39, 0.29) is 10.6 Å². The maximum Gasteiger partial charge on any atom is 0.294 e. The Balaban J connectivity index is 1.41. The first-order valence-electron chi connectivity index (χ1n) is 9.66. The monoisotopic (exact) mass is 425 g/mol. The van der Waals surface area contributed by atoms with E-state index in [1.54, 1.807) is 12.1 Å². The molecular formula is C22H20FN3O3S. The summed E-state index contributed by atoms with van der Waals surface area (Å²) in [6.07, 6.45) is 4.03. The van der Waals surface area contributed by atoms with Crippen LogP contribution in [0.1, 0.15) is 18.4 Å². The number of hydrogen-bond acceptors (Lipinski definition) is 5. The number of rotatable bonds is 5. The summed E-state index contributed by atoms with van der Waals surface area (Å²) < 4.78 is 13.7. The number of nitrogens with one attached hydrogen (secondary N) is 1. The van der Waals surface area contributed by atoms with Crippen LogP contribution >= 0.6 is 11.8 Å². The van der Waals surface area contributed by atoms with E-state index >= 15 is 0 Å². The van der Waals surface area contributed by atoms with E-state index in [9.17, 15) is 18.8 Å². The zero-order chi connectivity index (χ0) is 21.1. The molecule has 0 aliphatic carbocycles. The van der Waals surface area contributed by atoms with Crippen molar-refractivity contribution in [2.45, 2.75) is 12.8 Å². The van der Waals surface area contributed by atoms with Gasteiger partial charge in [-0.15, -0.1) is 0 Å². The fraction of sp³-hybridized carbons (Fsp3) is 0.227. The lowest BCUT2D eigenvalue weighted by Crippen LogP contribution is -2.36. The van der Waals surface area contributed by atoms with E-state index in [1.165, 1.54) is 31.0 Å². The van der Waals surface area contributed by atoms with E-state index in [0.717, 1.165) is 41.0 Å². The van der Waals surface area contributed by atoms with Crippen molar-refractivity contribution in [2.75, 3.05) is 29.9 Å². The average molecular weight is 425 g/mol. The number of benzene rings is 2. The van der Waals surface area contributed by atoms with Gasteiger partial charge in [-0.25, -0.2) is 4.39 Å². The summed E-state index contributed by atoms with van der Waals surface area (Å²) in [5.41, 5.74) is 1.95. The maximum absolute atomic E-state index is 13.7. The molecule has 6 nitrogen and oxygen atoms in total. The van der Waals surface area contributed by atoms with Gasteiger partial charge in [0.1, 0.15) is 12.4 Å². The highest BCUT2D eigenvalue weighted by molar-refractivity contribution is 8.18. The van der Waals surface area contributed by atoms with Crippen molar-refractivity contribution >= 4 is 46.3 Å². The Labute approximate surface area is 177 Å². The number of imide groups is 1. The van der Waals surface area contributed by atoms with Crippen molar-refractivity contribution < 1.29 is 18.8 Å². The molecule has 0 spiro atoms. The first-order valence-corrected chi connectivity index (χ1v) is 10.5. The van der Waals surface area contributed by atoms with Crippen LogP contribution < -0.4 is 10.2 Å². The van der Waals surface area contributed by atoms with Gasteiger partial charge in [-0.1, -0.05) is 24.3 Å². The Morgan fingerprint density at radius 1 is 1.07 bits per heavy atom. The van der Waals surface area contributed by atoms with Gasteiger partial charge in [-0.05, 0) is 60.5 Å². The van der Waals surface area contributed by atoms with E-state index in [4.69, 9.17) is 0 Å². The van der Waals surface area contributed by atoms with Gasteiger partial charge in [0.15, 0.2) is 0 Å².